The molecule has 2 N–H and O–H groups in total. The highest BCUT2D eigenvalue weighted by Gasteiger charge is 2.43. The van der Waals surface area contributed by atoms with Gasteiger partial charge >= 0.3 is 0 Å². The van der Waals surface area contributed by atoms with E-state index in [1.165, 1.54) is 0 Å². The number of carbonyl (C=O) groups excluding carboxylic acids is 2. The summed E-state index contributed by atoms with van der Waals surface area (Å²) in [7, 11) is -3.31. The van der Waals surface area contributed by atoms with Crippen molar-refractivity contribution in [3.05, 3.63) is 29.8 Å². The number of nitrogens with one attached hydrogen (secondary N) is 2. The lowest BCUT2D eigenvalue weighted by Gasteiger charge is -2.46. The van der Waals surface area contributed by atoms with Crippen molar-refractivity contribution in [3.8, 4) is 0 Å². The topological polar surface area (TPSA) is 92.3 Å². The normalized spacial score (nSPS) is 29.2. The van der Waals surface area contributed by atoms with Crippen molar-refractivity contribution in [1.82, 2.24) is 10.6 Å². The SMILES string of the molecule is CCC1C(=O)NC2CC(NC(=O)Cc3ccc(S(=O)(=O)C(C)C)cc3)CCC2C1C. The Morgan fingerprint density at radius 2 is 1.87 bits per heavy atom. The number of rotatable bonds is 6. The van der Waals surface area contributed by atoms with Crippen LogP contribution in [-0.4, -0.2) is 37.6 Å². The minimum atomic E-state index is -3.31. The van der Waals surface area contributed by atoms with Gasteiger partial charge in [-0.25, -0.2) is 8.42 Å². The van der Waals surface area contributed by atoms with Crippen molar-refractivity contribution < 1.29 is 18.0 Å². The fraction of sp³-hybridized carbons (Fsp3) is 0.652. The van der Waals surface area contributed by atoms with Crippen LogP contribution in [0.15, 0.2) is 29.2 Å². The number of hydrogen-bond donors (Lipinski definition) is 2. The average molecular weight is 435 g/mol. The van der Waals surface area contributed by atoms with E-state index in [0.717, 1.165) is 31.2 Å². The minimum absolute atomic E-state index is 0.0602. The Bertz CT molecular complexity index is 879. The number of sulfone groups is 1. The summed E-state index contributed by atoms with van der Waals surface area (Å²) in [6.45, 7) is 7.57. The molecule has 2 amide bonds. The lowest BCUT2D eigenvalue weighted by molar-refractivity contribution is -0.133. The first-order valence-corrected chi connectivity index (χ1v) is 12.6. The maximum Gasteiger partial charge on any atom is 0.224 e. The molecule has 1 aliphatic carbocycles. The zero-order valence-corrected chi connectivity index (χ0v) is 19.2. The molecule has 1 saturated carbocycles. The van der Waals surface area contributed by atoms with Gasteiger partial charge < -0.3 is 10.6 Å². The molecule has 1 aromatic carbocycles. The summed E-state index contributed by atoms with van der Waals surface area (Å²) in [5.74, 6) is 1.04. The first-order chi connectivity index (χ1) is 14.1. The van der Waals surface area contributed by atoms with Crippen LogP contribution in [0, 0.1) is 17.8 Å². The van der Waals surface area contributed by atoms with Crippen molar-refractivity contribution in [1.29, 1.82) is 0 Å². The van der Waals surface area contributed by atoms with Gasteiger partial charge in [-0.1, -0.05) is 26.0 Å². The van der Waals surface area contributed by atoms with Gasteiger partial charge in [0.1, 0.15) is 0 Å². The fourth-order valence-electron chi connectivity index (χ4n) is 5.04. The van der Waals surface area contributed by atoms with E-state index in [9.17, 15) is 18.0 Å². The molecule has 30 heavy (non-hydrogen) atoms. The molecule has 1 aromatic rings. The van der Waals surface area contributed by atoms with Crippen molar-refractivity contribution in [2.75, 3.05) is 0 Å². The maximum atomic E-state index is 12.5. The Labute approximate surface area is 180 Å². The van der Waals surface area contributed by atoms with Crippen LogP contribution in [0.4, 0.5) is 0 Å². The van der Waals surface area contributed by atoms with Crippen LogP contribution in [0.1, 0.15) is 58.9 Å². The van der Waals surface area contributed by atoms with Crippen molar-refractivity contribution >= 4 is 21.7 Å². The molecule has 2 aliphatic rings. The highest BCUT2D eigenvalue weighted by molar-refractivity contribution is 7.92. The molecule has 166 valence electrons. The van der Waals surface area contributed by atoms with Crippen LogP contribution >= 0.6 is 0 Å². The number of amides is 2. The number of benzene rings is 1. The summed E-state index contributed by atoms with van der Waals surface area (Å²) in [5.41, 5.74) is 0.786. The smallest absolute Gasteiger partial charge is 0.224 e. The van der Waals surface area contributed by atoms with Crippen LogP contribution in [0.3, 0.4) is 0 Å². The largest absolute Gasteiger partial charge is 0.353 e. The zero-order chi connectivity index (χ0) is 22.1. The summed E-state index contributed by atoms with van der Waals surface area (Å²) in [4.78, 5) is 25.2. The standard InChI is InChI=1S/C23H34N2O4S/c1-5-19-15(4)20-11-8-17(13-21(20)25-23(19)27)24-22(26)12-16-6-9-18(10-7-16)30(28,29)14(2)3/h6-7,9-10,14-15,17,19-21H,5,8,11-13H2,1-4H3,(H,24,26)(H,25,27). The van der Waals surface area contributed by atoms with Crippen LogP contribution < -0.4 is 10.6 Å². The summed E-state index contributed by atoms with van der Waals surface area (Å²) >= 11 is 0. The predicted octanol–water partition coefficient (Wildman–Crippen LogP) is 2.86. The van der Waals surface area contributed by atoms with E-state index in [4.69, 9.17) is 0 Å². The third kappa shape index (κ3) is 4.71. The fourth-order valence-corrected chi connectivity index (χ4v) is 6.10. The highest BCUT2D eigenvalue weighted by atomic mass is 32.2. The van der Waals surface area contributed by atoms with Crippen molar-refractivity contribution in [2.24, 2.45) is 17.8 Å². The quantitative estimate of drug-likeness (QED) is 0.720. The van der Waals surface area contributed by atoms with Crippen LogP contribution in [0.5, 0.6) is 0 Å². The summed E-state index contributed by atoms with van der Waals surface area (Å²) in [5, 5.41) is 5.82. The van der Waals surface area contributed by atoms with E-state index in [1.807, 2.05) is 0 Å². The molecule has 0 radical (unpaired) electrons. The molecule has 5 unspecified atom stereocenters. The van der Waals surface area contributed by atoms with Gasteiger partial charge in [-0.3, -0.25) is 9.59 Å². The lowest BCUT2D eigenvalue weighted by Crippen LogP contribution is -2.58. The third-order valence-corrected chi connectivity index (χ3v) is 9.09. The Morgan fingerprint density at radius 3 is 2.47 bits per heavy atom. The monoisotopic (exact) mass is 434 g/mol. The number of hydrogen-bond acceptors (Lipinski definition) is 4. The van der Waals surface area contributed by atoms with Crippen LogP contribution in [-0.2, 0) is 25.8 Å². The Balaban J connectivity index is 1.56. The van der Waals surface area contributed by atoms with Crippen LogP contribution in [0.2, 0.25) is 0 Å². The molecule has 3 rings (SSSR count). The van der Waals surface area contributed by atoms with Gasteiger partial charge in [0.05, 0.1) is 16.6 Å². The predicted molar refractivity (Wildman–Crippen MR) is 117 cm³/mol. The van der Waals surface area contributed by atoms with Gasteiger partial charge in [-0.2, -0.15) is 0 Å². The summed E-state index contributed by atoms with van der Waals surface area (Å²) < 4.78 is 24.4. The van der Waals surface area contributed by atoms with Gasteiger partial charge in [0, 0.05) is 18.0 Å². The van der Waals surface area contributed by atoms with E-state index >= 15 is 0 Å². The molecular formula is C23H34N2O4S. The number of carbonyl (C=O) groups is 2. The second kappa shape index (κ2) is 9.08. The van der Waals surface area contributed by atoms with Gasteiger partial charge in [0.2, 0.25) is 11.8 Å². The van der Waals surface area contributed by atoms with E-state index in [-0.39, 0.29) is 41.1 Å². The Kier molecular flexibility index (Phi) is 6.90. The van der Waals surface area contributed by atoms with Gasteiger partial charge in [-0.05, 0) is 69.1 Å². The lowest BCUT2D eigenvalue weighted by atomic mass is 9.67. The van der Waals surface area contributed by atoms with Gasteiger partial charge in [0.25, 0.3) is 0 Å². The molecule has 1 saturated heterocycles. The van der Waals surface area contributed by atoms with Crippen molar-refractivity contribution in [2.45, 2.75) is 82.0 Å². The Morgan fingerprint density at radius 1 is 1.20 bits per heavy atom. The first-order valence-electron chi connectivity index (χ1n) is 11.1. The van der Waals surface area contributed by atoms with E-state index in [2.05, 4.69) is 24.5 Å². The first kappa shape index (κ1) is 22.8. The minimum Gasteiger partial charge on any atom is -0.353 e. The number of piperidine rings is 1. The molecule has 2 fully saturated rings. The molecule has 1 aliphatic heterocycles. The van der Waals surface area contributed by atoms with Crippen LogP contribution in [0.25, 0.3) is 0 Å². The molecular weight excluding hydrogens is 400 g/mol. The highest BCUT2D eigenvalue weighted by Crippen LogP contribution is 2.38. The van der Waals surface area contributed by atoms with Gasteiger partial charge in [0.15, 0.2) is 9.84 Å². The van der Waals surface area contributed by atoms with E-state index < -0.39 is 15.1 Å². The van der Waals surface area contributed by atoms with E-state index in [1.54, 1.807) is 38.1 Å². The molecule has 6 nitrogen and oxygen atoms in total. The third-order valence-electron chi connectivity index (χ3n) is 6.92. The maximum absolute atomic E-state index is 12.5. The molecule has 1 heterocycles. The molecule has 7 heteroatoms. The summed E-state index contributed by atoms with van der Waals surface area (Å²) in [6.07, 6.45) is 3.79. The Hall–Kier alpha value is -1.89. The molecule has 0 spiro atoms. The van der Waals surface area contributed by atoms with Gasteiger partial charge in [-0.15, -0.1) is 0 Å². The second-order valence-corrected chi connectivity index (χ2v) is 11.6. The average Bonchev–Trinajstić information content (AvgIpc) is 2.68. The number of fused-ring (bicyclic) bond motifs is 1. The molecule has 5 atom stereocenters. The second-order valence-electron chi connectivity index (χ2n) is 9.14. The molecule has 0 bridgehead atoms. The van der Waals surface area contributed by atoms with E-state index in [0.29, 0.717) is 11.8 Å². The van der Waals surface area contributed by atoms with Crippen molar-refractivity contribution in [3.63, 3.8) is 0 Å². The molecule has 0 aromatic heterocycles. The summed E-state index contributed by atoms with van der Waals surface area (Å²) in [6, 6.07) is 6.76. The zero-order valence-electron chi connectivity index (χ0n) is 18.4.